The molecule has 1 aliphatic heterocycles. The van der Waals surface area contributed by atoms with E-state index in [1.54, 1.807) is 42.5 Å². The van der Waals surface area contributed by atoms with Crippen LogP contribution in [0.2, 0.25) is 0 Å². The second-order valence-electron chi connectivity index (χ2n) is 5.06. The first-order valence-corrected chi connectivity index (χ1v) is 7.49. The largest absolute Gasteiger partial charge is 0.622 e. The zero-order valence-electron chi connectivity index (χ0n) is 11.5. The Kier molecular flexibility index (Phi) is 4.45. The van der Waals surface area contributed by atoms with Gasteiger partial charge >= 0.3 is 0 Å². The van der Waals surface area contributed by atoms with Crippen molar-refractivity contribution in [1.29, 1.82) is 0 Å². The molecule has 0 aliphatic carbocycles. The molecule has 2 rings (SSSR count). The van der Waals surface area contributed by atoms with E-state index in [0.29, 0.717) is 6.54 Å². The number of hydroxylamine groups is 1. The van der Waals surface area contributed by atoms with Crippen molar-refractivity contribution in [1.82, 2.24) is 9.88 Å². The number of thioether (sulfide) groups is 1. The first-order valence-electron chi connectivity index (χ1n) is 6.26. The van der Waals surface area contributed by atoms with Crippen LogP contribution in [0.4, 0.5) is 0 Å². The number of nitrogens with zero attached hydrogens (tertiary/aromatic N) is 3. The van der Waals surface area contributed by atoms with Crippen LogP contribution in [0.3, 0.4) is 0 Å². The Morgan fingerprint density at radius 2 is 2.40 bits per heavy atom. The second-order valence-corrected chi connectivity index (χ2v) is 7.35. The third-order valence-corrected chi connectivity index (χ3v) is 4.66. The number of rotatable bonds is 4. The number of hydrogen-bond donors (Lipinski definition) is 0. The average Bonchev–Trinajstić information content (AvgIpc) is 2.60. The zero-order chi connectivity index (χ0) is 14.8. The molecule has 0 amide bonds. The molecule has 0 unspecified atom stereocenters. The van der Waals surface area contributed by atoms with Crippen LogP contribution in [0.25, 0.3) is 0 Å². The van der Waals surface area contributed by atoms with Crippen molar-refractivity contribution >= 4 is 34.5 Å². The zero-order valence-corrected chi connectivity index (χ0v) is 13.2. The van der Waals surface area contributed by atoms with E-state index < -0.39 is 0 Å². The lowest BCUT2D eigenvalue weighted by Crippen LogP contribution is -2.47. The molecule has 4 nitrogen and oxygen atoms in total. The molecule has 0 spiro atoms. The standard InChI is InChI=1S/C14H17N3OS2/c1-4-8-16-12(14(2,3)20-13(16)19)17(18)10-11-6-5-7-15-9-11/h4-7,9-10,12H,1,8H2,2-3H3/b17-10-/t12-/m1/s1. The number of aromatic nitrogens is 1. The van der Waals surface area contributed by atoms with E-state index >= 15 is 0 Å². The second kappa shape index (κ2) is 5.93. The van der Waals surface area contributed by atoms with Gasteiger partial charge in [0.1, 0.15) is 9.07 Å². The third kappa shape index (κ3) is 3.02. The van der Waals surface area contributed by atoms with E-state index in [4.69, 9.17) is 12.2 Å². The molecule has 106 valence electrons. The maximum atomic E-state index is 12.5. The Morgan fingerprint density at radius 3 is 3.00 bits per heavy atom. The summed E-state index contributed by atoms with van der Waals surface area (Å²) in [6.45, 7) is 8.36. The quantitative estimate of drug-likeness (QED) is 0.214. The lowest BCUT2D eigenvalue weighted by atomic mass is 10.1. The summed E-state index contributed by atoms with van der Waals surface area (Å²) in [7, 11) is 0. The summed E-state index contributed by atoms with van der Waals surface area (Å²) in [5.41, 5.74) is 0.777. The maximum absolute atomic E-state index is 12.5. The molecule has 0 N–H and O–H groups in total. The molecule has 2 heterocycles. The van der Waals surface area contributed by atoms with Crippen molar-refractivity contribution in [2.75, 3.05) is 6.54 Å². The van der Waals surface area contributed by atoms with Gasteiger partial charge in [0, 0.05) is 18.9 Å². The van der Waals surface area contributed by atoms with Crippen LogP contribution in [-0.2, 0) is 0 Å². The van der Waals surface area contributed by atoms with Crippen molar-refractivity contribution in [3.63, 3.8) is 0 Å². The van der Waals surface area contributed by atoms with Gasteiger partial charge in [0.25, 0.3) is 6.17 Å². The van der Waals surface area contributed by atoms with Gasteiger partial charge in [-0.05, 0) is 26.0 Å². The minimum atomic E-state index is -0.349. The van der Waals surface area contributed by atoms with Gasteiger partial charge in [-0.25, -0.2) is 0 Å². The van der Waals surface area contributed by atoms with Crippen LogP contribution in [-0.4, -0.2) is 42.6 Å². The molecular weight excluding hydrogens is 290 g/mol. The highest BCUT2D eigenvalue weighted by Gasteiger charge is 2.49. The Hall–Kier alpha value is -1.40. The summed E-state index contributed by atoms with van der Waals surface area (Å²) in [5, 5.41) is 12.5. The highest BCUT2D eigenvalue weighted by molar-refractivity contribution is 8.24. The fraction of sp³-hybridized carbons (Fsp3) is 0.357. The molecular formula is C14H17N3OS2. The van der Waals surface area contributed by atoms with Gasteiger partial charge in [0.05, 0.1) is 5.56 Å². The summed E-state index contributed by atoms with van der Waals surface area (Å²) in [5.74, 6) is 0. The Labute approximate surface area is 128 Å². The van der Waals surface area contributed by atoms with E-state index in [-0.39, 0.29) is 10.9 Å². The molecule has 0 radical (unpaired) electrons. The molecule has 0 bridgehead atoms. The number of thiocarbonyl (C=S) groups is 1. The molecule has 0 saturated carbocycles. The van der Waals surface area contributed by atoms with Gasteiger partial charge in [-0.2, -0.15) is 4.74 Å². The van der Waals surface area contributed by atoms with E-state index in [1.165, 1.54) is 0 Å². The van der Waals surface area contributed by atoms with Crippen molar-refractivity contribution < 1.29 is 4.74 Å². The minimum Gasteiger partial charge on any atom is -0.622 e. The average molecular weight is 307 g/mol. The minimum absolute atomic E-state index is 0.277. The normalized spacial score (nSPS) is 22.1. The van der Waals surface area contributed by atoms with Crippen molar-refractivity contribution in [2.45, 2.75) is 24.8 Å². The van der Waals surface area contributed by atoms with Crippen LogP contribution >= 0.6 is 24.0 Å². The maximum Gasteiger partial charge on any atom is 0.254 e. The topological polar surface area (TPSA) is 42.2 Å². The predicted molar refractivity (Wildman–Crippen MR) is 88.0 cm³/mol. The Morgan fingerprint density at radius 1 is 1.65 bits per heavy atom. The molecule has 1 aromatic rings. The van der Waals surface area contributed by atoms with Crippen molar-refractivity contribution in [3.05, 3.63) is 48.0 Å². The van der Waals surface area contributed by atoms with Crippen LogP contribution in [0, 0.1) is 5.21 Å². The highest BCUT2D eigenvalue weighted by atomic mass is 32.2. The monoisotopic (exact) mass is 307 g/mol. The molecule has 20 heavy (non-hydrogen) atoms. The third-order valence-electron chi connectivity index (χ3n) is 3.03. The van der Waals surface area contributed by atoms with Crippen LogP contribution in [0.15, 0.2) is 37.2 Å². The van der Waals surface area contributed by atoms with Crippen LogP contribution < -0.4 is 0 Å². The SMILES string of the molecule is C=CCN1C(=S)SC(C)(C)[C@H]1/[N+]([O-])=C/c1cccnc1. The van der Waals surface area contributed by atoms with Gasteiger partial charge in [0.2, 0.25) is 0 Å². The molecule has 6 heteroatoms. The fourth-order valence-corrected chi connectivity index (χ4v) is 4.14. The van der Waals surface area contributed by atoms with Gasteiger partial charge in [-0.15, -0.1) is 6.58 Å². The van der Waals surface area contributed by atoms with E-state index in [9.17, 15) is 5.21 Å². The van der Waals surface area contributed by atoms with Crippen LogP contribution in [0.5, 0.6) is 0 Å². The van der Waals surface area contributed by atoms with E-state index in [1.807, 2.05) is 24.8 Å². The molecule has 1 aliphatic rings. The van der Waals surface area contributed by atoms with Crippen molar-refractivity contribution in [3.8, 4) is 0 Å². The van der Waals surface area contributed by atoms with Crippen LogP contribution in [0.1, 0.15) is 19.4 Å². The lowest BCUT2D eigenvalue weighted by molar-refractivity contribution is -0.523. The molecule has 0 aromatic carbocycles. The lowest BCUT2D eigenvalue weighted by Gasteiger charge is -2.29. The molecule has 1 saturated heterocycles. The van der Waals surface area contributed by atoms with Gasteiger partial charge in [0.15, 0.2) is 6.21 Å². The van der Waals surface area contributed by atoms with E-state index in [0.717, 1.165) is 14.6 Å². The summed E-state index contributed by atoms with van der Waals surface area (Å²) in [6.07, 6.45) is 6.32. The first-order chi connectivity index (χ1) is 9.45. The van der Waals surface area contributed by atoms with Gasteiger partial charge in [-0.1, -0.05) is 30.1 Å². The summed E-state index contributed by atoms with van der Waals surface area (Å²) in [4.78, 5) is 5.92. The fourth-order valence-electron chi connectivity index (χ4n) is 2.24. The van der Waals surface area contributed by atoms with Gasteiger partial charge in [-0.3, -0.25) is 9.88 Å². The summed E-state index contributed by atoms with van der Waals surface area (Å²) in [6, 6.07) is 3.66. The molecule has 1 fully saturated rings. The molecule has 1 aromatic heterocycles. The highest BCUT2D eigenvalue weighted by Crippen LogP contribution is 2.41. The summed E-state index contributed by atoms with van der Waals surface area (Å²) >= 11 is 6.92. The van der Waals surface area contributed by atoms with Gasteiger partial charge < -0.3 is 5.21 Å². The van der Waals surface area contributed by atoms with Crippen molar-refractivity contribution in [2.24, 2.45) is 0 Å². The predicted octanol–water partition coefficient (Wildman–Crippen LogP) is 2.64. The summed E-state index contributed by atoms with van der Waals surface area (Å²) < 4.78 is 1.42. The molecule has 1 atom stereocenters. The Bertz CT molecular complexity index is 543. The first kappa shape index (κ1) is 15.0. The van der Waals surface area contributed by atoms with E-state index in [2.05, 4.69) is 11.6 Å². The smallest absolute Gasteiger partial charge is 0.254 e. The number of hydrogen-bond acceptors (Lipinski definition) is 4. The Balaban J connectivity index is 2.34. The number of pyridine rings is 1.